The SMILES string of the molecule is O=C(/C=C/c1cccn(CCCc2cccc(C(F)(F)F)c2)c1=O)NO. The third-order valence-corrected chi connectivity index (χ3v) is 3.69. The lowest BCUT2D eigenvalue weighted by Gasteiger charge is -2.09. The third kappa shape index (κ3) is 5.32. The minimum atomic E-state index is -4.38. The maximum atomic E-state index is 12.7. The van der Waals surface area contributed by atoms with E-state index in [0.717, 1.165) is 18.2 Å². The van der Waals surface area contributed by atoms with Crippen molar-refractivity contribution in [3.63, 3.8) is 0 Å². The van der Waals surface area contributed by atoms with E-state index < -0.39 is 17.6 Å². The standard InChI is InChI=1S/C18H17F3N2O3/c19-18(20,21)15-7-1-4-13(12-15)5-2-10-23-11-3-6-14(17(23)25)8-9-16(24)22-26/h1,3-4,6-9,11-12,26H,2,5,10H2,(H,22,24)/b9-8+. The molecule has 1 amide bonds. The van der Waals surface area contributed by atoms with Gasteiger partial charge in [-0.15, -0.1) is 0 Å². The molecule has 0 saturated carbocycles. The molecule has 0 bridgehead atoms. The summed E-state index contributed by atoms with van der Waals surface area (Å²) in [5.41, 5.74) is 1.20. The molecule has 0 radical (unpaired) electrons. The van der Waals surface area contributed by atoms with Crippen LogP contribution in [0.25, 0.3) is 6.08 Å². The van der Waals surface area contributed by atoms with Crippen molar-refractivity contribution in [3.8, 4) is 0 Å². The van der Waals surface area contributed by atoms with Crippen LogP contribution in [0, 0.1) is 0 Å². The molecule has 1 aromatic heterocycles. The van der Waals surface area contributed by atoms with Gasteiger partial charge in [0.2, 0.25) is 0 Å². The van der Waals surface area contributed by atoms with Gasteiger partial charge >= 0.3 is 6.18 Å². The average Bonchev–Trinajstić information content (AvgIpc) is 2.61. The number of hydroxylamine groups is 1. The van der Waals surface area contributed by atoms with E-state index in [-0.39, 0.29) is 11.1 Å². The van der Waals surface area contributed by atoms with Crippen molar-refractivity contribution < 1.29 is 23.2 Å². The lowest BCUT2D eigenvalue weighted by molar-refractivity contribution is -0.137. The van der Waals surface area contributed by atoms with E-state index >= 15 is 0 Å². The molecule has 0 aliphatic carbocycles. The number of hydrogen-bond donors (Lipinski definition) is 2. The number of pyridine rings is 1. The summed E-state index contributed by atoms with van der Waals surface area (Å²) in [6.45, 7) is 0.322. The second-order valence-electron chi connectivity index (χ2n) is 5.57. The first-order valence-corrected chi connectivity index (χ1v) is 7.79. The fourth-order valence-electron chi connectivity index (χ4n) is 2.42. The summed E-state index contributed by atoms with van der Waals surface area (Å²) in [5.74, 6) is -0.760. The maximum absolute atomic E-state index is 12.7. The van der Waals surface area contributed by atoms with Crippen LogP contribution < -0.4 is 11.0 Å². The Bertz CT molecular complexity index is 857. The molecule has 5 nitrogen and oxygen atoms in total. The smallest absolute Gasteiger partial charge is 0.315 e. The van der Waals surface area contributed by atoms with Crippen LogP contribution in [0.2, 0.25) is 0 Å². The van der Waals surface area contributed by atoms with E-state index in [0.29, 0.717) is 24.9 Å². The molecule has 0 unspecified atom stereocenters. The van der Waals surface area contributed by atoms with Crippen LogP contribution in [0.5, 0.6) is 0 Å². The van der Waals surface area contributed by atoms with Crippen LogP contribution in [-0.4, -0.2) is 15.7 Å². The van der Waals surface area contributed by atoms with Crippen LogP contribution in [-0.2, 0) is 23.9 Å². The Morgan fingerprint density at radius 2 is 2.00 bits per heavy atom. The number of alkyl halides is 3. The molecule has 2 rings (SSSR count). The highest BCUT2D eigenvalue weighted by Crippen LogP contribution is 2.29. The van der Waals surface area contributed by atoms with Gasteiger partial charge in [0.25, 0.3) is 11.5 Å². The molecule has 1 heterocycles. The van der Waals surface area contributed by atoms with E-state index in [9.17, 15) is 22.8 Å². The van der Waals surface area contributed by atoms with Gasteiger partial charge in [-0.1, -0.05) is 18.2 Å². The number of aromatic nitrogens is 1. The molecular weight excluding hydrogens is 349 g/mol. The topological polar surface area (TPSA) is 71.3 Å². The maximum Gasteiger partial charge on any atom is 0.416 e. The molecule has 0 fully saturated rings. The van der Waals surface area contributed by atoms with Crippen LogP contribution in [0.15, 0.2) is 53.5 Å². The zero-order valence-electron chi connectivity index (χ0n) is 13.7. The van der Waals surface area contributed by atoms with E-state index in [4.69, 9.17) is 5.21 Å². The van der Waals surface area contributed by atoms with Gasteiger partial charge < -0.3 is 4.57 Å². The second kappa shape index (κ2) is 8.48. The molecule has 0 aliphatic rings. The van der Waals surface area contributed by atoms with Gasteiger partial charge in [0, 0.05) is 24.4 Å². The van der Waals surface area contributed by atoms with Gasteiger partial charge in [-0.2, -0.15) is 13.2 Å². The van der Waals surface area contributed by atoms with Crippen LogP contribution >= 0.6 is 0 Å². The Kier molecular flexibility index (Phi) is 6.35. The molecule has 0 spiro atoms. The Balaban J connectivity index is 2.03. The summed E-state index contributed by atoms with van der Waals surface area (Å²) in [6.07, 6.45) is 0.349. The summed E-state index contributed by atoms with van der Waals surface area (Å²) < 4.78 is 39.6. The van der Waals surface area contributed by atoms with Crippen molar-refractivity contribution in [1.82, 2.24) is 10.0 Å². The van der Waals surface area contributed by atoms with Crippen molar-refractivity contribution in [2.24, 2.45) is 0 Å². The fourth-order valence-corrected chi connectivity index (χ4v) is 2.42. The number of halogens is 3. The molecule has 0 atom stereocenters. The minimum absolute atomic E-state index is 0.259. The number of benzene rings is 1. The monoisotopic (exact) mass is 366 g/mol. The van der Waals surface area contributed by atoms with Crippen molar-refractivity contribution in [2.75, 3.05) is 0 Å². The van der Waals surface area contributed by atoms with Gasteiger partial charge in [0.05, 0.1) is 5.56 Å². The number of carbonyl (C=O) groups is 1. The normalized spacial score (nSPS) is 11.7. The van der Waals surface area contributed by atoms with Crippen molar-refractivity contribution in [2.45, 2.75) is 25.6 Å². The zero-order valence-corrected chi connectivity index (χ0v) is 13.7. The summed E-state index contributed by atoms with van der Waals surface area (Å²) in [5, 5.41) is 8.43. The molecule has 8 heteroatoms. The van der Waals surface area contributed by atoms with Crippen LogP contribution in [0.4, 0.5) is 13.2 Å². The lowest BCUT2D eigenvalue weighted by Crippen LogP contribution is -2.22. The van der Waals surface area contributed by atoms with Gasteiger partial charge in [0.1, 0.15) is 0 Å². The molecule has 26 heavy (non-hydrogen) atoms. The molecule has 2 N–H and O–H groups in total. The van der Waals surface area contributed by atoms with E-state index in [1.807, 2.05) is 0 Å². The third-order valence-electron chi connectivity index (χ3n) is 3.69. The van der Waals surface area contributed by atoms with Crippen LogP contribution in [0.1, 0.15) is 23.1 Å². The summed E-state index contributed by atoms with van der Waals surface area (Å²) >= 11 is 0. The van der Waals surface area contributed by atoms with Gasteiger partial charge in [-0.25, -0.2) is 5.48 Å². The molecule has 0 saturated heterocycles. The number of nitrogens with one attached hydrogen (secondary N) is 1. The van der Waals surface area contributed by atoms with Crippen molar-refractivity contribution in [1.29, 1.82) is 0 Å². The predicted octanol–water partition coefficient (Wildman–Crippen LogP) is 3.02. The fraction of sp³-hybridized carbons (Fsp3) is 0.222. The second-order valence-corrected chi connectivity index (χ2v) is 5.57. The van der Waals surface area contributed by atoms with Crippen molar-refractivity contribution in [3.05, 3.63) is 75.7 Å². The van der Waals surface area contributed by atoms with E-state index in [2.05, 4.69) is 0 Å². The Labute approximate surface area is 147 Å². The highest BCUT2D eigenvalue weighted by molar-refractivity contribution is 5.90. The number of amides is 1. The Morgan fingerprint density at radius 3 is 2.69 bits per heavy atom. The first-order valence-electron chi connectivity index (χ1n) is 7.79. The Morgan fingerprint density at radius 1 is 1.23 bits per heavy atom. The lowest BCUT2D eigenvalue weighted by atomic mass is 10.1. The largest absolute Gasteiger partial charge is 0.416 e. The molecule has 138 valence electrons. The Hall–Kier alpha value is -2.87. The number of rotatable bonds is 6. The minimum Gasteiger partial charge on any atom is -0.315 e. The summed E-state index contributed by atoms with van der Waals surface area (Å²) in [6, 6.07) is 8.25. The summed E-state index contributed by atoms with van der Waals surface area (Å²) in [4.78, 5) is 23.2. The molecule has 0 aliphatic heterocycles. The van der Waals surface area contributed by atoms with E-state index in [1.54, 1.807) is 18.3 Å². The number of hydrogen-bond acceptors (Lipinski definition) is 3. The predicted molar refractivity (Wildman–Crippen MR) is 89.4 cm³/mol. The molecular formula is C18H17F3N2O3. The highest BCUT2D eigenvalue weighted by Gasteiger charge is 2.30. The highest BCUT2D eigenvalue weighted by atomic mass is 19.4. The average molecular weight is 366 g/mol. The quantitative estimate of drug-likeness (QED) is 0.469. The first kappa shape index (κ1) is 19.5. The van der Waals surface area contributed by atoms with Gasteiger partial charge in [0.15, 0.2) is 0 Å². The molecule has 1 aromatic carbocycles. The van der Waals surface area contributed by atoms with Crippen molar-refractivity contribution >= 4 is 12.0 Å². The van der Waals surface area contributed by atoms with E-state index in [1.165, 1.54) is 28.3 Å². The zero-order chi connectivity index (χ0) is 19.2. The number of aryl methyl sites for hydroxylation is 2. The first-order chi connectivity index (χ1) is 12.3. The van der Waals surface area contributed by atoms with Crippen LogP contribution in [0.3, 0.4) is 0 Å². The summed E-state index contributed by atoms with van der Waals surface area (Å²) in [7, 11) is 0. The number of carbonyl (C=O) groups excluding carboxylic acids is 1. The number of nitrogens with zero attached hydrogens (tertiary/aromatic N) is 1. The van der Waals surface area contributed by atoms with Gasteiger partial charge in [-0.05, 0) is 42.7 Å². The van der Waals surface area contributed by atoms with Gasteiger partial charge in [-0.3, -0.25) is 14.8 Å². The molecule has 2 aromatic rings.